The minimum atomic E-state index is -0.788. The van der Waals surface area contributed by atoms with E-state index in [1.54, 1.807) is 36.4 Å². The number of nitrogens with one attached hydrogen (secondary N) is 4. The Morgan fingerprint density at radius 1 is 1.09 bits per heavy atom. The van der Waals surface area contributed by atoms with Crippen LogP contribution in [0.2, 0.25) is 0 Å². The number of anilines is 2. The first-order chi connectivity index (χ1) is 15.4. The fraction of sp³-hybridized carbons (Fsp3) is 0.261. The summed E-state index contributed by atoms with van der Waals surface area (Å²) < 4.78 is 0. The molecule has 4 rings (SSSR count). The number of benzene rings is 2. The molecule has 1 atom stereocenters. The number of fused-ring (bicyclic) bond motifs is 1. The van der Waals surface area contributed by atoms with Crippen molar-refractivity contribution in [2.45, 2.75) is 38.6 Å². The fourth-order valence-corrected chi connectivity index (χ4v) is 3.38. The van der Waals surface area contributed by atoms with Crippen molar-refractivity contribution in [1.82, 2.24) is 20.5 Å². The second-order valence-corrected chi connectivity index (χ2v) is 7.92. The van der Waals surface area contributed by atoms with Gasteiger partial charge >= 0.3 is 0 Å². The maximum atomic E-state index is 12.4. The molecule has 0 fully saturated rings. The lowest BCUT2D eigenvalue weighted by Crippen LogP contribution is -2.41. The van der Waals surface area contributed by atoms with Crippen LogP contribution >= 0.6 is 0 Å². The lowest BCUT2D eigenvalue weighted by molar-refractivity contribution is -0.118. The molecule has 2 aromatic carbocycles. The van der Waals surface area contributed by atoms with Crippen molar-refractivity contribution in [3.8, 4) is 11.4 Å². The Kier molecular flexibility index (Phi) is 5.98. The average molecular weight is 432 g/mol. The molecule has 0 saturated heterocycles. The van der Waals surface area contributed by atoms with Gasteiger partial charge in [0, 0.05) is 23.6 Å². The molecule has 1 aliphatic rings. The largest absolute Gasteiger partial charge is 0.340 e. The first kappa shape index (κ1) is 21.2. The number of para-hydroxylation sites is 1. The molecular weight excluding hydrogens is 408 g/mol. The summed E-state index contributed by atoms with van der Waals surface area (Å²) in [6.07, 6.45) is 0.264. The normalized spacial score (nSPS) is 15.5. The number of aromatic nitrogens is 3. The molecule has 0 saturated carbocycles. The zero-order chi connectivity index (χ0) is 22.7. The second-order valence-electron chi connectivity index (χ2n) is 7.92. The van der Waals surface area contributed by atoms with Gasteiger partial charge in [-0.05, 0) is 42.8 Å². The first-order valence-electron chi connectivity index (χ1n) is 10.4. The Balaban J connectivity index is 1.33. The van der Waals surface area contributed by atoms with Crippen molar-refractivity contribution in [2.24, 2.45) is 0 Å². The van der Waals surface area contributed by atoms with Crippen LogP contribution in [0.3, 0.4) is 0 Å². The highest BCUT2D eigenvalue weighted by Crippen LogP contribution is 2.21. The minimum absolute atomic E-state index is 0.0785. The summed E-state index contributed by atoms with van der Waals surface area (Å²) in [5, 5.41) is 15.4. The number of nitrogens with zero attached hydrogens (tertiary/aromatic N) is 2. The SMILES string of the molecule is CC(C)c1nc(-c2ccc(NC(=O)CCC3NC(=O)c4ccccc4NC3=O)cc2)n[nH]1. The predicted octanol–water partition coefficient (Wildman–Crippen LogP) is 3.06. The summed E-state index contributed by atoms with van der Waals surface area (Å²) in [6, 6.07) is 13.2. The van der Waals surface area contributed by atoms with E-state index in [0.29, 0.717) is 22.8 Å². The molecular formula is C23H24N6O3. The van der Waals surface area contributed by atoms with Crippen LogP contribution in [0.4, 0.5) is 11.4 Å². The van der Waals surface area contributed by atoms with E-state index in [-0.39, 0.29) is 36.5 Å². The smallest absolute Gasteiger partial charge is 0.254 e. The molecule has 164 valence electrons. The molecule has 9 nitrogen and oxygen atoms in total. The van der Waals surface area contributed by atoms with E-state index in [1.165, 1.54) is 0 Å². The fourth-order valence-electron chi connectivity index (χ4n) is 3.38. The Hall–Kier alpha value is -4.01. The van der Waals surface area contributed by atoms with Gasteiger partial charge in [0.05, 0.1) is 11.3 Å². The van der Waals surface area contributed by atoms with Crippen molar-refractivity contribution >= 4 is 29.1 Å². The molecule has 2 heterocycles. The lowest BCUT2D eigenvalue weighted by Gasteiger charge is -2.14. The zero-order valence-corrected chi connectivity index (χ0v) is 17.8. The van der Waals surface area contributed by atoms with Gasteiger partial charge in [0.1, 0.15) is 11.9 Å². The molecule has 0 spiro atoms. The Labute approximate surface area is 185 Å². The van der Waals surface area contributed by atoms with Gasteiger partial charge in [-0.3, -0.25) is 19.5 Å². The number of H-pyrrole nitrogens is 1. The van der Waals surface area contributed by atoms with Crippen LogP contribution in [-0.2, 0) is 9.59 Å². The number of amides is 3. The van der Waals surface area contributed by atoms with Crippen LogP contribution in [0.5, 0.6) is 0 Å². The Morgan fingerprint density at radius 2 is 1.84 bits per heavy atom. The van der Waals surface area contributed by atoms with E-state index < -0.39 is 6.04 Å². The Morgan fingerprint density at radius 3 is 2.56 bits per heavy atom. The van der Waals surface area contributed by atoms with Crippen LogP contribution in [-0.4, -0.2) is 38.9 Å². The Bertz CT molecular complexity index is 1150. The van der Waals surface area contributed by atoms with E-state index in [2.05, 4.69) is 31.1 Å². The number of aromatic amines is 1. The van der Waals surface area contributed by atoms with E-state index in [0.717, 1.165) is 11.4 Å². The summed E-state index contributed by atoms with van der Waals surface area (Å²) in [5.74, 6) is 0.740. The summed E-state index contributed by atoms with van der Waals surface area (Å²) in [7, 11) is 0. The van der Waals surface area contributed by atoms with Gasteiger partial charge < -0.3 is 16.0 Å². The summed E-state index contributed by atoms with van der Waals surface area (Å²) in [4.78, 5) is 41.7. The number of hydrogen-bond donors (Lipinski definition) is 4. The minimum Gasteiger partial charge on any atom is -0.340 e. The van der Waals surface area contributed by atoms with E-state index in [9.17, 15) is 14.4 Å². The maximum Gasteiger partial charge on any atom is 0.254 e. The molecule has 3 aromatic rings. The third-order valence-electron chi connectivity index (χ3n) is 5.19. The summed E-state index contributed by atoms with van der Waals surface area (Å²) >= 11 is 0. The molecule has 1 unspecified atom stereocenters. The van der Waals surface area contributed by atoms with Gasteiger partial charge in [-0.25, -0.2) is 4.98 Å². The topological polar surface area (TPSA) is 129 Å². The quantitative estimate of drug-likeness (QED) is 0.476. The van der Waals surface area contributed by atoms with Crippen LogP contribution in [0.15, 0.2) is 48.5 Å². The van der Waals surface area contributed by atoms with E-state index in [4.69, 9.17) is 0 Å². The number of rotatable bonds is 6. The summed E-state index contributed by atoms with van der Waals surface area (Å²) in [6.45, 7) is 4.07. The molecule has 1 aromatic heterocycles. The molecule has 3 amide bonds. The third kappa shape index (κ3) is 4.66. The van der Waals surface area contributed by atoms with Gasteiger partial charge in [0.15, 0.2) is 5.82 Å². The van der Waals surface area contributed by atoms with Crippen molar-refractivity contribution in [3.63, 3.8) is 0 Å². The highest BCUT2D eigenvalue weighted by molar-refractivity contribution is 6.10. The van der Waals surface area contributed by atoms with Gasteiger partial charge in [-0.15, -0.1) is 0 Å². The van der Waals surface area contributed by atoms with Crippen LogP contribution < -0.4 is 16.0 Å². The van der Waals surface area contributed by atoms with Crippen molar-refractivity contribution in [3.05, 3.63) is 59.9 Å². The second kappa shape index (κ2) is 9.01. The standard InChI is InChI=1S/C23H24N6O3/c1-13(2)20-27-21(29-28-20)14-7-9-15(10-8-14)24-19(30)12-11-18-23(32)25-17-6-4-3-5-16(17)22(31)26-18/h3-10,13,18H,11-12H2,1-2H3,(H,24,30)(H,25,32)(H,26,31)(H,27,28,29). The number of carbonyl (C=O) groups is 3. The molecule has 4 N–H and O–H groups in total. The van der Waals surface area contributed by atoms with Crippen LogP contribution in [0.25, 0.3) is 11.4 Å². The molecule has 32 heavy (non-hydrogen) atoms. The van der Waals surface area contributed by atoms with Crippen LogP contribution in [0.1, 0.15) is 48.8 Å². The van der Waals surface area contributed by atoms with Gasteiger partial charge in [0.2, 0.25) is 11.8 Å². The monoisotopic (exact) mass is 432 g/mol. The van der Waals surface area contributed by atoms with Crippen LogP contribution in [0, 0.1) is 0 Å². The average Bonchev–Trinajstić information content (AvgIpc) is 3.24. The summed E-state index contributed by atoms with van der Waals surface area (Å²) in [5.41, 5.74) is 2.33. The maximum absolute atomic E-state index is 12.4. The molecule has 0 aliphatic carbocycles. The van der Waals surface area contributed by atoms with Gasteiger partial charge in [-0.1, -0.05) is 26.0 Å². The highest BCUT2D eigenvalue weighted by atomic mass is 16.2. The number of hydrogen-bond acceptors (Lipinski definition) is 5. The van der Waals surface area contributed by atoms with Crippen molar-refractivity contribution in [2.75, 3.05) is 10.6 Å². The van der Waals surface area contributed by atoms with Gasteiger partial charge in [0.25, 0.3) is 5.91 Å². The lowest BCUT2D eigenvalue weighted by atomic mass is 10.1. The number of carbonyl (C=O) groups excluding carboxylic acids is 3. The van der Waals surface area contributed by atoms with Crippen molar-refractivity contribution < 1.29 is 14.4 Å². The highest BCUT2D eigenvalue weighted by Gasteiger charge is 2.27. The zero-order valence-electron chi connectivity index (χ0n) is 17.8. The molecule has 9 heteroatoms. The predicted molar refractivity (Wildman–Crippen MR) is 120 cm³/mol. The molecule has 0 bridgehead atoms. The molecule has 0 radical (unpaired) electrons. The third-order valence-corrected chi connectivity index (χ3v) is 5.19. The first-order valence-corrected chi connectivity index (χ1v) is 10.4. The van der Waals surface area contributed by atoms with Crippen molar-refractivity contribution in [1.29, 1.82) is 0 Å². The van der Waals surface area contributed by atoms with Gasteiger partial charge in [-0.2, -0.15) is 5.10 Å². The van der Waals surface area contributed by atoms with E-state index >= 15 is 0 Å². The van der Waals surface area contributed by atoms with E-state index in [1.807, 2.05) is 26.0 Å². The molecule has 1 aliphatic heterocycles.